The van der Waals surface area contributed by atoms with Crippen LogP contribution in [0.15, 0.2) is 0 Å². The number of likely N-dealkylation sites (tertiary alicyclic amines) is 1. The number of methoxy groups -OCH3 is 1. The van der Waals surface area contributed by atoms with E-state index in [4.69, 9.17) is 4.74 Å². The van der Waals surface area contributed by atoms with E-state index >= 15 is 0 Å². The first-order valence-corrected chi connectivity index (χ1v) is 7.05. The van der Waals surface area contributed by atoms with E-state index < -0.39 is 0 Å². The summed E-state index contributed by atoms with van der Waals surface area (Å²) in [4.78, 5) is 14.2. The summed E-state index contributed by atoms with van der Waals surface area (Å²) in [6.07, 6.45) is 3.88. The van der Waals surface area contributed by atoms with Crippen LogP contribution in [-0.2, 0) is 9.53 Å². The molecule has 0 aliphatic carbocycles. The van der Waals surface area contributed by atoms with Gasteiger partial charge in [-0.15, -0.1) is 0 Å². The maximum Gasteiger partial charge on any atom is 0.225 e. The Morgan fingerprint density at radius 3 is 2.83 bits per heavy atom. The van der Waals surface area contributed by atoms with Crippen molar-refractivity contribution >= 4 is 5.91 Å². The number of rotatable bonds is 6. The van der Waals surface area contributed by atoms with Crippen LogP contribution in [0.4, 0.5) is 0 Å². The van der Waals surface area contributed by atoms with Crippen LogP contribution in [0.1, 0.15) is 46.5 Å². The molecule has 0 aromatic carbocycles. The van der Waals surface area contributed by atoms with E-state index in [1.807, 2.05) is 18.7 Å². The van der Waals surface area contributed by atoms with Crippen molar-refractivity contribution in [2.45, 2.75) is 58.1 Å². The second kappa shape index (κ2) is 7.10. The summed E-state index contributed by atoms with van der Waals surface area (Å²) in [6, 6.07) is 0.466. The van der Waals surface area contributed by atoms with Crippen LogP contribution < -0.4 is 5.32 Å². The molecule has 1 amide bonds. The highest BCUT2D eigenvalue weighted by atomic mass is 16.5. The van der Waals surface area contributed by atoms with Crippen LogP contribution >= 0.6 is 0 Å². The second-order valence-corrected chi connectivity index (χ2v) is 5.77. The number of carbonyl (C=O) groups excluding carboxylic acids is 1. The molecule has 1 saturated heterocycles. The molecule has 0 bridgehead atoms. The normalized spacial score (nSPS) is 21.1. The van der Waals surface area contributed by atoms with Gasteiger partial charge in [-0.2, -0.15) is 0 Å². The molecule has 1 heterocycles. The standard InChI is InChI=1S/C14H28N2O2/c1-5-8-15-12-7-6-9-16(11-12)13(17)10-14(2,3)18-4/h12,15H,5-11H2,1-4H3. The van der Waals surface area contributed by atoms with E-state index in [9.17, 15) is 4.79 Å². The highest BCUT2D eigenvalue weighted by Gasteiger charge is 2.28. The minimum atomic E-state index is -0.360. The Balaban J connectivity index is 2.43. The van der Waals surface area contributed by atoms with E-state index in [0.717, 1.165) is 32.5 Å². The summed E-state index contributed by atoms with van der Waals surface area (Å²) in [5, 5.41) is 3.51. The number of ether oxygens (including phenoxy) is 1. The Hall–Kier alpha value is -0.610. The van der Waals surface area contributed by atoms with Crippen LogP contribution in [0, 0.1) is 0 Å². The van der Waals surface area contributed by atoms with Gasteiger partial charge in [0, 0.05) is 26.2 Å². The molecular weight excluding hydrogens is 228 g/mol. The molecule has 1 aliphatic rings. The van der Waals surface area contributed by atoms with Gasteiger partial charge in [-0.3, -0.25) is 4.79 Å². The number of nitrogens with one attached hydrogen (secondary N) is 1. The highest BCUT2D eigenvalue weighted by Crippen LogP contribution is 2.18. The third-order valence-corrected chi connectivity index (χ3v) is 3.59. The number of hydrogen-bond acceptors (Lipinski definition) is 3. The van der Waals surface area contributed by atoms with Gasteiger partial charge in [0.15, 0.2) is 0 Å². The lowest BCUT2D eigenvalue weighted by Gasteiger charge is -2.35. The maximum atomic E-state index is 12.2. The molecule has 1 atom stereocenters. The number of amides is 1. The van der Waals surface area contributed by atoms with Crippen molar-refractivity contribution in [1.29, 1.82) is 0 Å². The fourth-order valence-corrected chi connectivity index (χ4v) is 2.27. The largest absolute Gasteiger partial charge is 0.378 e. The maximum absolute atomic E-state index is 12.2. The quantitative estimate of drug-likeness (QED) is 0.788. The molecule has 0 radical (unpaired) electrons. The molecule has 0 aromatic heterocycles. The molecule has 1 rings (SSSR count). The molecule has 0 spiro atoms. The average Bonchev–Trinajstić information content (AvgIpc) is 2.36. The predicted molar refractivity (Wildman–Crippen MR) is 73.6 cm³/mol. The van der Waals surface area contributed by atoms with Crippen molar-refractivity contribution in [1.82, 2.24) is 10.2 Å². The summed E-state index contributed by atoms with van der Waals surface area (Å²) in [5.74, 6) is 0.213. The summed E-state index contributed by atoms with van der Waals surface area (Å²) in [5.41, 5.74) is -0.360. The lowest BCUT2D eigenvalue weighted by molar-refractivity contribution is -0.137. The summed E-state index contributed by atoms with van der Waals surface area (Å²) in [6.45, 7) is 8.86. The van der Waals surface area contributed by atoms with E-state index in [2.05, 4.69) is 12.2 Å². The van der Waals surface area contributed by atoms with Crippen LogP contribution in [0.5, 0.6) is 0 Å². The van der Waals surface area contributed by atoms with Crippen LogP contribution in [0.25, 0.3) is 0 Å². The zero-order valence-corrected chi connectivity index (χ0v) is 12.3. The minimum Gasteiger partial charge on any atom is -0.378 e. The number of piperidine rings is 1. The summed E-state index contributed by atoms with van der Waals surface area (Å²) >= 11 is 0. The Morgan fingerprint density at radius 2 is 2.22 bits per heavy atom. The van der Waals surface area contributed by atoms with Gasteiger partial charge < -0.3 is 15.0 Å². The zero-order valence-electron chi connectivity index (χ0n) is 12.3. The molecule has 0 aromatic rings. The van der Waals surface area contributed by atoms with Crippen molar-refractivity contribution in [3.63, 3.8) is 0 Å². The van der Waals surface area contributed by atoms with Gasteiger partial charge >= 0.3 is 0 Å². The molecular formula is C14H28N2O2. The average molecular weight is 256 g/mol. The van der Waals surface area contributed by atoms with E-state index in [-0.39, 0.29) is 11.5 Å². The second-order valence-electron chi connectivity index (χ2n) is 5.77. The Bertz CT molecular complexity index is 267. The number of nitrogens with zero attached hydrogens (tertiary/aromatic N) is 1. The summed E-state index contributed by atoms with van der Waals surface area (Å²) < 4.78 is 5.33. The molecule has 1 unspecified atom stereocenters. The fraction of sp³-hybridized carbons (Fsp3) is 0.929. The predicted octanol–water partition coefficient (Wildman–Crippen LogP) is 1.79. The van der Waals surface area contributed by atoms with Gasteiger partial charge in [0.25, 0.3) is 0 Å². The van der Waals surface area contributed by atoms with E-state index in [1.165, 1.54) is 6.42 Å². The van der Waals surface area contributed by atoms with Gasteiger partial charge in [-0.05, 0) is 39.7 Å². The third kappa shape index (κ3) is 4.94. The topological polar surface area (TPSA) is 41.6 Å². The van der Waals surface area contributed by atoms with Crippen LogP contribution in [0.3, 0.4) is 0 Å². The SMILES string of the molecule is CCCNC1CCCN(C(=O)CC(C)(C)OC)C1. The van der Waals surface area contributed by atoms with Crippen molar-refractivity contribution < 1.29 is 9.53 Å². The molecule has 0 saturated carbocycles. The van der Waals surface area contributed by atoms with Crippen molar-refractivity contribution in [3.05, 3.63) is 0 Å². The Labute approximate surface area is 111 Å². The van der Waals surface area contributed by atoms with Gasteiger partial charge in [0.05, 0.1) is 12.0 Å². The third-order valence-electron chi connectivity index (χ3n) is 3.59. The Morgan fingerprint density at radius 1 is 1.50 bits per heavy atom. The number of carbonyl (C=O) groups is 1. The van der Waals surface area contributed by atoms with E-state index in [1.54, 1.807) is 7.11 Å². The van der Waals surface area contributed by atoms with Gasteiger partial charge in [0.1, 0.15) is 0 Å². The lowest BCUT2D eigenvalue weighted by atomic mass is 10.0. The first-order chi connectivity index (χ1) is 8.48. The molecule has 4 heteroatoms. The molecule has 18 heavy (non-hydrogen) atoms. The molecule has 4 nitrogen and oxygen atoms in total. The monoisotopic (exact) mass is 256 g/mol. The highest BCUT2D eigenvalue weighted by molar-refractivity contribution is 5.77. The van der Waals surface area contributed by atoms with Gasteiger partial charge in [-0.25, -0.2) is 0 Å². The van der Waals surface area contributed by atoms with Crippen LogP contribution in [-0.4, -0.2) is 49.2 Å². The smallest absolute Gasteiger partial charge is 0.225 e. The summed E-state index contributed by atoms with van der Waals surface area (Å²) in [7, 11) is 1.66. The van der Waals surface area contributed by atoms with E-state index in [0.29, 0.717) is 12.5 Å². The van der Waals surface area contributed by atoms with Crippen molar-refractivity contribution in [2.75, 3.05) is 26.7 Å². The fourth-order valence-electron chi connectivity index (χ4n) is 2.27. The minimum absolute atomic E-state index is 0.213. The first-order valence-electron chi connectivity index (χ1n) is 7.05. The molecule has 1 fully saturated rings. The molecule has 106 valence electrons. The first kappa shape index (κ1) is 15.4. The van der Waals surface area contributed by atoms with Crippen molar-refractivity contribution in [3.8, 4) is 0 Å². The number of hydrogen-bond donors (Lipinski definition) is 1. The van der Waals surface area contributed by atoms with Crippen molar-refractivity contribution in [2.24, 2.45) is 0 Å². The zero-order chi connectivity index (χ0) is 13.6. The van der Waals surface area contributed by atoms with Gasteiger partial charge in [-0.1, -0.05) is 6.92 Å². The van der Waals surface area contributed by atoms with Gasteiger partial charge in [0.2, 0.25) is 5.91 Å². The Kier molecular flexibility index (Phi) is 6.09. The lowest BCUT2D eigenvalue weighted by Crippen LogP contribution is -2.49. The van der Waals surface area contributed by atoms with Crippen LogP contribution in [0.2, 0.25) is 0 Å². The molecule has 1 N–H and O–H groups in total. The molecule has 1 aliphatic heterocycles.